The molecule has 26 heavy (non-hydrogen) atoms. The zero-order chi connectivity index (χ0) is 18.7. The summed E-state index contributed by atoms with van der Waals surface area (Å²) in [6, 6.07) is 10.7. The lowest BCUT2D eigenvalue weighted by Gasteiger charge is -2.40. The molecule has 140 valence electrons. The molecule has 2 N–H and O–H groups in total. The Balaban J connectivity index is 1.93. The molecule has 1 aliphatic rings. The van der Waals surface area contributed by atoms with Crippen LogP contribution in [0, 0.1) is 0 Å². The largest absolute Gasteiger partial charge is 0.396 e. The van der Waals surface area contributed by atoms with Crippen LogP contribution in [0.4, 0.5) is 11.6 Å². The van der Waals surface area contributed by atoms with E-state index >= 15 is 0 Å². The molecule has 0 fully saturated rings. The molecule has 0 unspecified atom stereocenters. The van der Waals surface area contributed by atoms with Gasteiger partial charge in [-0.05, 0) is 17.5 Å². The molecule has 2 heterocycles. The Morgan fingerprint density at radius 1 is 1.23 bits per heavy atom. The Kier molecular flexibility index (Phi) is 5.47. The summed E-state index contributed by atoms with van der Waals surface area (Å²) in [7, 11) is 0. The third-order valence-corrected chi connectivity index (χ3v) is 4.91. The SMILES string of the molecule is CC(C)c1nc(NCCCO)cc(N2Cc3ccccc3C(C)(C)C2)n1. The minimum atomic E-state index is 0.0717. The zero-order valence-corrected chi connectivity index (χ0v) is 16.3. The van der Waals surface area contributed by atoms with Crippen LogP contribution >= 0.6 is 0 Å². The van der Waals surface area contributed by atoms with Crippen LogP contribution in [0.2, 0.25) is 0 Å². The van der Waals surface area contributed by atoms with E-state index in [0.717, 1.165) is 30.5 Å². The van der Waals surface area contributed by atoms with Gasteiger partial charge in [-0.2, -0.15) is 0 Å². The van der Waals surface area contributed by atoms with Crippen molar-refractivity contribution in [3.8, 4) is 0 Å². The Bertz CT molecular complexity index is 757. The Hall–Kier alpha value is -2.14. The van der Waals surface area contributed by atoms with Crippen molar-refractivity contribution in [3.05, 3.63) is 47.3 Å². The van der Waals surface area contributed by atoms with Gasteiger partial charge in [0.05, 0.1) is 0 Å². The van der Waals surface area contributed by atoms with E-state index in [-0.39, 0.29) is 17.9 Å². The maximum atomic E-state index is 9.02. The van der Waals surface area contributed by atoms with Crippen molar-refractivity contribution in [1.82, 2.24) is 9.97 Å². The van der Waals surface area contributed by atoms with Crippen molar-refractivity contribution in [2.75, 3.05) is 29.9 Å². The number of benzene rings is 1. The highest BCUT2D eigenvalue weighted by atomic mass is 16.3. The fraction of sp³-hybridized carbons (Fsp3) is 0.524. The first-order valence-electron chi connectivity index (χ1n) is 9.48. The van der Waals surface area contributed by atoms with Crippen LogP contribution in [0.25, 0.3) is 0 Å². The first-order valence-corrected chi connectivity index (χ1v) is 9.48. The molecule has 1 aliphatic heterocycles. The molecule has 0 amide bonds. The van der Waals surface area contributed by atoms with Crippen LogP contribution in [0.5, 0.6) is 0 Å². The fourth-order valence-corrected chi connectivity index (χ4v) is 3.56. The topological polar surface area (TPSA) is 61.3 Å². The highest BCUT2D eigenvalue weighted by molar-refractivity contribution is 5.53. The van der Waals surface area contributed by atoms with E-state index in [9.17, 15) is 0 Å². The number of anilines is 2. The van der Waals surface area contributed by atoms with E-state index < -0.39 is 0 Å². The molecule has 0 saturated carbocycles. The summed E-state index contributed by atoms with van der Waals surface area (Å²) < 4.78 is 0. The van der Waals surface area contributed by atoms with Gasteiger partial charge >= 0.3 is 0 Å². The van der Waals surface area contributed by atoms with Crippen LogP contribution in [-0.4, -0.2) is 34.8 Å². The van der Waals surface area contributed by atoms with Crippen LogP contribution in [0.1, 0.15) is 57.0 Å². The van der Waals surface area contributed by atoms with Crippen molar-refractivity contribution >= 4 is 11.6 Å². The van der Waals surface area contributed by atoms with Crippen molar-refractivity contribution in [3.63, 3.8) is 0 Å². The summed E-state index contributed by atoms with van der Waals surface area (Å²) in [4.78, 5) is 11.9. The summed E-state index contributed by atoms with van der Waals surface area (Å²) in [6.45, 7) is 11.5. The average molecular weight is 354 g/mol. The van der Waals surface area contributed by atoms with E-state index in [1.165, 1.54) is 11.1 Å². The smallest absolute Gasteiger partial charge is 0.135 e. The van der Waals surface area contributed by atoms with Gasteiger partial charge in [-0.1, -0.05) is 52.0 Å². The maximum Gasteiger partial charge on any atom is 0.135 e. The number of hydrogen-bond donors (Lipinski definition) is 2. The van der Waals surface area contributed by atoms with Crippen molar-refractivity contribution in [1.29, 1.82) is 0 Å². The maximum absolute atomic E-state index is 9.02. The fourth-order valence-electron chi connectivity index (χ4n) is 3.56. The van der Waals surface area contributed by atoms with E-state index in [1.54, 1.807) is 0 Å². The van der Waals surface area contributed by atoms with Gasteiger partial charge in [0.1, 0.15) is 17.5 Å². The molecule has 0 saturated heterocycles. The Labute approximate surface area is 156 Å². The number of nitrogens with zero attached hydrogens (tertiary/aromatic N) is 3. The number of hydrogen-bond acceptors (Lipinski definition) is 5. The molecule has 0 spiro atoms. The first kappa shape index (κ1) is 18.6. The Morgan fingerprint density at radius 3 is 2.73 bits per heavy atom. The minimum Gasteiger partial charge on any atom is -0.396 e. The molecule has 1 aromatic carbocycles. The third kappa shape index (κ3) is 3.98. The van der Waals surface area contributed by atoms with Crippen molar-refractivity contribution in [2.24, 2.45) is 0 Å². The molecule has 5 nitrogen and oxygen atoms in total. The monoisotopic (exact) mass is 354 g/mol. The standard InChI is InChI=1S/C21H30N4O/c1-15(2)20-23-18(22-10-7-11-26)12-19(24-20)25-13-16-8-5-6-9-17(16)21(3,4)14-25/h5-6,8-9,12,15,26H,7,10-11,13-14H2,1-4H3,(H,22,23,24). The molecule has 5 heteroatoms. The molecule has 2 aromatic rings. The predicted molar refractivity (Wildman–Crippen MR) is 107 cm³/mol. The van der Waals surface area contributed by atoms with Gasteiger partial charge in [0, 0.05) is 43.6 Å². The molecular formula is C21H30N4O. The first-order chi connectivity index (χ1) is 12.4. The van der Waals surface area contributed by atoms with E-state index in [2.05, 4.69) is 67.2 Å². The third-order valence-electron chi connectivity index (χ3n) is 4.91. The molecule has 3 rings (SSSR count). The lowest BCUT2D eigenvalue weighted by Crippen LogP contribution is -2.42. The zero-order valence-electron chi connectivity index (χ0n) is 16.3. The molecule has 0 bridgehead atoms. The second kappa shape index (κ2) is 7.62. The summed E-state index contributed by atoms with van der Waals surface area (Å²) in [6.07, 6.45) is 0.709. The lowest BCUT2D eigenvalue weighted by atomic mass is 9.78. The normalized spacial score (nSPS) is 15.8. The van der Waals surface area contributed by atoms with Gasteiger partial charge in [-0.15, -0.1) is 0 Å². The van der Waals surface area contributed by atoms with Gasteiger partial charge in [0.15, 0.2) is 0 Å². The predicted octanol–water partition coefficient (Wildman–Crippen LogP) is 3.69. The van der Waals surface area contributed by atoms with Crippen LogP contribution in [0.3, 0.4) is 0 Å². The highest BCUT2D eigenvalue weighted by Gasteiger charge is 2.32. The minimum absolute atomic E-state index is 0.0717. The number of aromatic nitrogens is 2. The van der Waals surface area contributed by atoms with E-state index in [4.69, 9.17) is 10.1 Å². The highest BCUT2D eigenvalue weighted by Crippen LogP contribution is 2.35. The molecular weight excluding hydrogens is 324 g/mol. The van der Waals surface area contributed by atoms with Crippen molar-refractivity contribution in [2.45, 2.75) is 52.0 Å². The lowest BCUT2D eigenvalue weighted by molar-refractivity contribution is 0.292. The molecule has 0 aliphatic carbocycles. The van der Waals surface area contributed by atoms with Crippen molar-refractivity contribution < 1.29 is 5.11 Å². The number of aliphatic hydroxyl groups is 1. The molecule has 0 radical (unpaired) electrons. The number of fused-ring (bicyclic) bond motifs is 1. The molecule has 1 aromatic heterocycles. The van der Waals surface area contributed by atoms with Gasteiger partial charge < -0.3 is 15.3 Å². The van der Waals surface area contributed by atoms with Crippen LogP contribution in [0.15, 0.2) is 30.3 Å². The number of nitrogens with one attached hydrogen (secondary N) is 1. The summed E-state index contributed by atoms with van der Waals surface area (Å²) in [5.74, 6) is 2.92. The Morgan fingerprint density at radius 2 is 2.00 bits per heavy atom. The van der Waals surface area contributed by atoms with Crippen LogP contribution in [-0.2, 0) is 12.0 Å². The van der Waals surface area contributed by atoms with Gasteiger partial charge in [-0.25, -0.2) is 9.97 Å². The molecule has 0 atom stereocenters. The van der Waals surface area contributed by atoms with Gasteiger partial charge in [0.2, 0.25) is 0 Å². The average Bonchev–Trinajstić information content (AvgIpc) is 2.61. The second-order valence-electron chi connectivity index (χ2n) is 8.03. The summed E-state index contributed by atoms with van der Waals surface area (Å²) in [5.41, 5.74) is 2.86. The quantitative estimate of drug-likeness (QED) is 0.775. The summed E-state index contributed by atoms with van der Waals surface area (Å²) in [5, 5.41) is 12.3. The summed E-state index contributed by atoms with van der Waals surface area (Å²) >= 11 is 0. The van der Waals surface area contributed by atoms with E-state index in [0.29, 0.717) is 13.0 Å². The van der Waals surface area contributed by atoms with Gasteiger partial charge in [0.25, 0.3) is 0 Å². The van der Waals surface area contributed by atoms with Gasteiger partial charge in [-0.3, -0.25) is 0 Å². The number of aliphatic hydroxyl groups excluding tert-OH is 1. The number of rotatable bonds is 6. The van der Waals surface area contributed by atoms with Crippen LogP contribution < -0.4 is 10.2 Å². The second-order valence-corrected chi connectivity index (χ2v) is 8.03. The van der Waals surface area contributed by atoms with E-state index in [1.807, 2.05) is 6.07 Å².